The zero-order valence-electron chi connectivity index (χ0n) is 21.2. The third-order valence-electron chi connectivity index (χ3n) is 8.84. The number of methoxy groups -OCH3 is 1. The fourth-order valence-corrected chi connectivity index (χ4v) is 7.08. The summed E-state index contributed by atoms with van der Waals surface area (Å²) < 4.78 is 10.9. The van der Waals surface area contributed by atoms with Crippen molar-refractivity contribution in [3.05, 3.63) is 29.3 Å². The van der Waals surface area contributed by atoms with Gasteiger partial charge in [-0.05, 0) is 106 Å². The van der Waals surface area contributed by atoms with Crippen molar-refractivity contribution >= 4 is 11.8 Å². The first-order valence-corrected chi connectivity index (χ1v) is 13.0. The summed E-state index contributed by atoms with van der Waals surface area (Å²) in [6.07, 6.45) is 9.42. The molecule has 0 aliphatic heterocycles. The molecule has 0 amide bonds. The number of unbranched alkanes of at least 4 members (excludes halogenated alkanes) is 2. The van der Waals surface area contributed by atoms with Crippen molar-refractivity contribution in [2.75, 3.05) is 13.7 Å². The van der Waals surface area contributed by atoms with Gasteiger partial charge in [0.05, 0.1) is 19.1 Å². The fourth-order valence-electron chi connectivity index (χ4n) is 7.08. The van der Waals surface area contributed by atoms with Crippen LogP contribution < -0.4 is 4.74 Å². The standard InChI is InChI=1S/C29H42O4/c1-28(2,3)27(31)33-16-8-6-7-9-20-18-25(30)29(4)15-14-23-22-13-11-21(32-5)17-19(22)10-12-24(23)26(20)29/h11,13,17,20,23-24,26H,6-10,12,14-16,18H2,1-5H3/t20-,23-,24-,26+,29-/m1/s1. The zero-order chi connectivity index (χ0) is 23.8. The maximum absolute atomic E-state index is 13.2. The summed E-state index contributed by atoms with van der Waals surface area (Å²) in [5.74, 6) is 3.57. The molecule has 4 rings (SSSR count). The Morgan fingerprint density at radius 1 is 1.15 bits per heavy atom. The number of aryl methyl sites for hydroxylation is 1. The van der Waals surface area contributed by atoms with Crippen LogP contribution in [-0.2, 0) is 20.7 Å². The summed E-state index contributed by atoms with van der Waals surface area (Å²) in [6.45, 7) is 8.45. The first-order chi connectivity index (χ1) is 15.6. The van der Waals surface area contributed by atoms with Crippen molar-refractivity contribution < 1.29 is 19.1 Å². The van der Waals surface area contributed by atoms with Gasteiger partial charge in [-0.15, -0.1) is 0 Å². The van der Waals surface area contributed by atoms with E-state index in [9.17, 15) is 9.59 Å². The molecule has 2 saturated carbocycles. The summed E-state index contributed by atoms with van der Waals surface area (Å²) in [6, 6.07) is 6.63. The van der Waals surface area contributed by atoms with E-state index in [4.69, 9.17) is 9.47 Å². The molecule has 33 heavy (non-hydrogen) atoms. The number of hydrogen-bond donors (Lipinski definition) is 0. The summed E-state index contributed by atoms with van der Waals surface area (Å²) in [5, 5.41) is 0. The highest BCUT2D eigenvalue weighted by Gasteiger charge is 2.58. The Bertz CT molecular complexity index is 882. The van der Waals surface area contributed by atoms with Crippen molar-refractivity contribution in [1.29, 1.82) is 0 Å². The van der Waals surface area contributed by atoms with E-state index in [0.29, 0.717) is 36.1 Å². The van der Waals surface area contributed by atoms with Crippen molar-refractivity contribution in [3.63, 3.8) is 0 Å². The molecule has 0 saturated heterocycles. The minimum absolute atomic E-state index is 0.122. The molecular formula is C29H42O4. The Labute approximate surface area is 199 Å². The summed E-state index contributed by atoms with van der Waals surface area (Å²) in [5.41, 5.74) is 2.39. The highest BCUT2D eigenvalue weighted by atomic mass is 16.5. The number of carbonyl (C=O) groups is 2. The van der Waals surface area contributed by atoms with E-state index in [1.165, 1.54) is 17.5 Å². The lowest BCUT2D eigenvalue weighted by Crippen LogP contribution is -2.44. The number of Topliss-reactive ketones (excluding diaryl/α,β-unsaturated/α-hetero) is 1. The van der Waals surface area contributed by atoms with Crippen LogP contribution in [0.2, 0.25) is 0 Å². The number of rotatable bonds is 7. The number of carbonyl (C=O) groups excluding carboxylic acids is 2. The van der Waals surface area contributed by atoms with Crippen molar-refractivity contribution in [1.82, 2.24) is 0 Å². The van der Waals surface area contributed by atoms with Crippen LogP contribution in [0.1, 0.15) is 96.1 Å². The maximum atomic E-state index is 13.2. The van der Waals surface area contributed by atoms with Gasteiger partial charge in [0.15, 0.2) is 0 Å². The van der Waals surface area contributed by atoms with Crippen LogP contribution in [0, 0.1) is 28.6 Å². The molecule has 0 bridgehead atoms. The molecule has 4 heteroatoms. The molecule has 5 atom stereocenters. The molecule has 1 aromatic rings. The van der Waals surface area contributed by atoms with Gasteiger partial charge in [0.25, 0.3) is 0 Å². The van der Waals surface area contributed by atoms with Gasteiger partial charge in [-0.2, -0.15) is 0 Å². The lowest BCUT2D eigenvalue weighted by molar-refractivity contribution is -0.153. The van der Waals surface area contributed by atoms with Crippen LogP contribution in [0.15, 0.2) is 18.2 Å². The number of esters is 1. The van der Waals surface area contributed by atoms with Crippen LogP contribution >= 0.6 is 0 Å². The molecule has 0 radical (unpaired) electrons. The summed E-state index contributed by atoms with van der Waals surface area (Å²) in [7, 11) is 1.74. The molecular weight excluding hydrogens is 412 g/mol. The van der Waals surface area contributed by atoms with E-state index < -0.39 is 5.41 Å². The largest absolute Gasteiger partial charge is 0.497 e. The van der Waals surface area contributed by atoms with Crippen LogP contribution in [0.4, 0.5) is 0 Å². The Hall–Kier alpha value is -1.84. The second-order valence-electron chi connectivity index (χ2n) is 12.0. The second kappa shape index (κ2) is 9.43. The summed E-state index contributed by atoms with van der Waals surface area (Å²) >= 11 is 0. The minimum Gasteiger partial charge on any atom is -0.497 e. The van der Waals surface area contributed by atoms with Crippen LogP contribution in [0.25, 0.3) is 0 Å². The highest BCUT2D eigenvalue weighted by molar-refractivity contribution is 5.87. The normalized spacial score (nSPS) is 30.9. The van der Waals surface area contributed by atoms with Gasteiger partial charge in [-0.3, -0.25) is 9.59 Å². The average molecular weight is 455 g/mol. The molecule has 3 aliphatic carbocycles. The fraction of sp³-hybridized carbons (Fsp3) is 0.724. The number of ketones is 1. The van der Waals surface area contributed by atoms with E-state index in [2.05, 4.69) is 25.1 Å². The Morgan fingerprint density at radius 2 is 1.94 bits per heavy atom. The monoisotopic (exact) mass is 454 g/mol. The average Bonchev–Trinajstić information content (AvgIpc) is 3.04. The second-order valence-corrected chi connectivity index (χ2v) is 12.0. The molecule has 182 valence electrons. The van der Waals surface area contributed by atoms with E-state index in [1.807, 2.05) is 20.8 Å². The smallest absolute Gasteiger partial charge is 0.311 e. The van der Waals surface area contributed by atoms with Crippen molar-refractivity contribution in [2.45, 2.75) is 91.4 Å². The molecule has 0 N–H and O–H groups in total. The number of fused-ring (bicyclic) bond motifs is 5. The molecule has 3 aliphatic rings. The SMILES string of the molecule is COc1ccc2c(c1)CC[C@H]1[C@@H]3[C@H](CCCCCOC(=O)C(C)(C)C)CC(=O)[C@@]3(C)CC[C@H]21. The molecule has 0 heterocycles. The van der Waals surface area contributed by atoms with E-state index in [1.54, 1.807) is 7.11 Å². The lowest BCUT2D eigenvalue weighted by Gasteiger charge is -2.50. The molecule has 0 aromatic heterocycles. The van der Waals surface area contributed by atoms with E-state index >= 15 is 0 Å². The first-order valence-electron chi connectivity index (χ1n) is 13.0. The molecule has 0 unspecified atom stereocenters. The van der Waals surface area contributed by atoms with Gasteiger partial charge in [-0.25, -0.2) is 0 Å². The predicted molar refractivity (Wildman–Crippen MR) is 130 cm³/mol. The van der Waals surface area contributed by atoms with E-state index in [-0.39, 0.29) is 11.4 Å². The third kappa shape index (κ3) is 4.72. The topological polar surface area (TPSA) is 52.6 Å². The van der Waals surface area contributed by atoms with Crippen LogP contribution in [-0.4, -0.2) is 25.5 Å². The highest BCUT2D eigenvalue weighted by Crippen LogP contribution is 2.62. The number of benzene rings is 1. The van der Waals surface area contributed by atoms with Gasteiger partial charge in [0, 0.05) is 11.8 Å². The zero-order valence-corrected chi connectivity index (χ0v) is 21.2. The number of ether oxygens (including phenoxy) is 2. The first kappa shape index (κ1) is 24.3. The van der Waals surface area contributed by atoms with Gasteiger partial charge in [0.2, 0.25) is 0 Å². The molecule has 0 spiro atoms. The van der Waals surface area contributed by atoms with Crippen LogP contribution in [0.5, 0.6) is 5.75 Å². The third-order valence-corrected chi connectivity index (χ3v) is 8.84. The molecule has 1 aromatic carbocycles. The molecule has 2 fully saturated rings. The minimum atomic E-state index is -0.435. The lowest BCUT2D eigenvalue weighted by atomic mass is 9.54. The van der Waals surface area contributed by atoms with Crippen LogP contribution in [0.3, 0.4) is 0 Å². The summed E-state index contributed by atoms with van der Waals surface area (Å²) in [4.78, 5) is 25.1. The molecule has 4 nitrogen and oxygen atoms in total. The van der Waals surface area contributed by atoms with Gasteiger partial charge in [-0.1, -0.05) is 25.8 Å². The van der Waals surface area contributed by atoms with Crippen molar-refractivity contribution in [2.24, 2.45) is 28.6 Å². The Balaban J connectivity index is 1.37. The van der Waals surface area contributed by atoms with Gasteiger partial charge >= 0.3 is 5.97 Å². The Morgan fingerprint density at radius 3 is 2.67 bits per heavy atom. The van der Waals surface area contributed by atoms with Gasteiger partial charge < -0.3 is 9.47 Å². The number of hydrogen-bond acceptors (Lipinski definition) is 4. The quantitative estimate of drug-likeness (QED) is 0.349. The van der Waals surface area contributed by atoms with Gasteiger partial charge in [0.1, 0.15) is 11.5 Å². The van der Waals surface area contributed by atoms with Crippen molar-refractivity contribution in [3.8, 4) is 5.75 Å². The predicted octanol–water partition coefficient (Wildman–Crippen LogP) is 6.50. The Kier molecular flexibility index (Phi) is 6.94. The maximum Gasteiger partial charge on any atom is 0.311 e. The van der Waals surface area contributed by atoms with E-state index in [0.717, 1.165) is 57.1 Å².